The second-order valence-corrected chi connectivity index (χ2v) is 8.95. The first-order valence-electron chi connectivity index (χ1n) is 10.9. The zero-order chi connectivity index (χ0) is 23.8. The Labute approximate surface area is 198 Å². The molecule has 3 aromatic rings. The van der Waals surface area contributed by atoms with E-state index in [1.54, 1.807) is 11.3 Å². The van der Waals surface area contributed by atoms with Crippen LogP contribution in [0, 0.1) is 0 Å². The third-order valence-corrected chi connectivity index (χ3v) is 6.51. The lowest BCUT2D eigenvalue weighted by atomic mass is 10.0. The van der Waals surface area contributed by atoms with Gasteiger partial charge in [-0.3, -0.25) is 20.9 Å². The molecule has 33 heavy (non-hydrogen) atoms. The SMILES string of the molecule is CCc1cc(CNN)ccc1CNC(=O)c1cc(C(=O)NCc2csc(C(C)C)c2)ncn1. The first-order chi connectivity index (χ1) is 15.9. The van der Waals surface area contributed by atoms with Gasteiger partial charge in [0.2, 0.25) is 0 Å². The van der Waals surface area contributed by atoms with E-state index in [1.807, 2.05) is 17.5 Å². The van der Waals surface area contributed by atoms with Crippen LogP contribution in [0.25, 0.3) is 0 Å². The molecule has 0 saturated carbocycles. The molecule has 0 aliphatic rings. The molecule has 2 amide bonds. The standard InChI is InChI=1S/C24H30N6O2S/c1-4-18-7-16(11-30-25)5-6-19(18)12-27-24(32)21-9-20(28-14-29-21)23(31)26-10-17-8-22(15(2)3)33-13-17/h5-9,13-15,30H,4,10-12,25H2,1-3H3,(H,26,31)(H,27,32). The average Bonchev–Trinajstić information content (AvgIpc) is 3.31. The van der Waals surface area contributed by atoms with Crippen molar-refractivity contribution in [3.05, 3.63) is 80.6 Å². The molecule has 2 aromatic heterocycles. The van der Waals surface area contributed by atoms with Crippen molar-refractivity contribution < 1.29 is 9.59 Å². The van der Waals surface area contributed by atoms with Gasteiger partial charge in [0.25, 0.3) is 11.8 Å². The van der Waals surface area contributed by atoms with Crippen molar-refractivity contribution in [3.63, 3.8) is 0 Å². The summed E-state index contributed by atoms with van der Waals surface area (Å²) in [5.74, 6) is 5.15. The van der Waals surface area contributed by atoms with E-state index >= 15 is 0 Å². The van der Waals surface area contributed by atoms with Gasteiger partial charge in [-0.2, -0.15) is 0 Å². The number of carbonyl (C=O) groups excluding carboxylic acids is 2. The molecule has 0 atom stereocenters. The number of aromatic nitrogens is 2. The molecule has 0 unspecified atom stereocenters. The van der Waals surface area contributed by atoms with Gasteiger partial charge in [0.05, 0.1) is 0 Å². The van der Waals surface area contributed by atoms with E-state index in [0.29, 0.717) is 25.6 Å². The second-order valence-electron chi connectivity index (χ2n) is 8.00. The number of amides is 2. The fourth-order valence-corrected chi connectivity index (χ4v) is 4.27. The van der Waals surface area contributed by atoms with Crippen LogP contribution in [0.3, 0.4) is 0 Å². The fraction of sp³-hybridized carbons (Fsp3) is 0.333. The molecule has 1 aromatic carbocycles. The molecule has 8 nitrogen and oxygen atoms in total. The maximum Gasteiger partial charge on any atom is 0.270 e. The van der Waals surface area contributed by atoms with Crippen molar-refractivity contribution in [2.75, 3.05) is 0 Å². The summed E-state index contributed by atoms with van der Waals surface area (Å²) in [5.41, 5.74) is 7.24. The topological polar surface area (TPSA) is 122 Å². The van der Waals surface area contributed by atoms with Crippen LogP contribution >= 0.6 is 11.3 Å². The van der Waals surface area contributed by atoms with Crippen LogP contribution in [-0.4, -0.2) is 21.8 Å². The van der Waals surface area contributed by atoms with Gasteiger partial charge < -0.3 is 10.6 Å². The quantitative estimate of drug-likeness (QED) is 0.269. The monoisotopic (exact) mass is 466 g/mol. The van der Waals surface area contributed by atoms with Crippen LogP contribution in [0.1, 0.15) is 74.8 Å². The highest BCUT2D eigenvalue weighted by Crippen LogP contribution is 2.23. The molecule has 0 fully saturated rings. The maximum absolute atomic E-state index is 12.6. The highest BCUT2D eigenvalue weighted by molar-refractivity contribution is 7.10. The number of hydrogen-bond donors (Lipinski definition) is 4. The molecule has 0 aliphatic heterocycles. The molecular weight excluding hydrogens is 436 g/mol. The number of aryl methyl sites for hydroxylation is 1. The average molecular weight is 467 g/mol. The van der Waals surface area contributed by atoms with E-state index in [4.69, 9.17) is 5.84 Å². The Morgan fingerprint density at radius 2 is 1.64 bits per heavy atom. The normalized spacial score (nSPS) is 10.9. The number of rotatable bonds is 10. The van der Waals surface area contributed by atoms with Crippen LogP contribution in [0.4, 0.5) is 0 Å². The van der Waals surface area contributed by atoms with Gasteiger partial charge in [-0.05, 0) is 46.0 Å². The second kappa shape index (κ2) is 11.6. The zero-order valence-electron chi connectivity index (χ0n) is 19.1. The van der Waals surface area contributed by atoms with Crippen molar-refractivity contribution >= 4 is 23.2 Å². The minimum absolute atomic E-state index is 0.148. The van der Waals surface area contributed by atoms with E-state index in [-0.39, 0.29) is 23.2 Å². The summed E-state index contributed by atoms with van der Waals surface area (Å²) >= 11 is 1.68. The van der Waals surface area contributed by atoms with E-state index < -0.39 is 0 Å². The summed E-state index contributed by atoms with van der Waals surface area (Å²) in [4.78, 5) is 34.5. The minimum Gasteiger partial charge on any atom is -0.347 e. The number of carbonyl (C=O) groups is 2. The van der Waals surface area contributed by atoms with Crippen LogP contribution in [0.5, 0.6) is 0 Å². The highest BCUT2D eigenvalue weighted by Gasteiger charge is 2.14. The molecule has 0 radical (unpaired) electrons. The molecule has 9 heteroatoms. The molecule has 0 aliphatic carbocycles. The Kier molecular flexibility index (Phi) is 8.65. The van der Waals surface area contributed by atoms with E-state index in [9.17, 15) is 9.59 Å². The molecular formula is C24H30N6O2S. The smallest absolute Gasteiger partial charge is 0.270 e. The summed E-state index contributed by atoms with van der Waals surface area (Å²) in [6.45, 7) is 7.69. The van der Waals surface area contributed by atoms with Crippen molar-refractivity contribution in [1.82, 2.24) is 26.0 Å². The van der Waals surface area contributed by atoms with Crippen LogP contribution in [0.2, 0.25) is 0 Å². The third-order valence-electron chi connectivity index (χ3n) is 5.23. The predicted molar refractivity (Wildman–Crippen MR) is 130 cm³/mol. The molecule has 2 heterocycles. The molecule has 0 bridgehead atoms. The van der Waals surface area contributed by atoms with E-state index in [0.717, 1.165) is 28.7 Å². The lowest BCUT2D eigenvalue weighted by Gasteiger charge is -2.12. The zero-order valence-corrected chi connectivity index (χ0v) is 20.0. The molecule has 3 rings (SSSR count). The van der Waals surface area contributed by atoms with Gasteiger partial charge in [0.15, 0.2) is 0 Å². The van der Waals surface area contributed by atoms with Crippen molar-refractivity contribution in [1.29, 1.82) is 0 Å². The largest absolute Gasteiger partial charge is 0.347 e. The van der Waals surface area contributed by atoms with Gasteiger partial charge in [-0.25, -0.2) is 9.97 Å². The maximum atomic E-state index is 12.6. The summed E-state index contributed by atoms with van der Waals surface area (Å²) in [7, 11) is 0. The Morgan fingerprint density at radius 1 is 0.939 bits per heavy atom. The number of nitrogens with two attached hydrogens (primary N) is 1. The van der Waals surface area contributed by atoms with E-state index in [1.165, 1.54) is 17.3 Å². The Bertz CT molecular complexity index is 1110. The molecule has 174 valence electrons. The highest BCUT2D eigenvalue weighted by atomic mass is 32.1. The lowest BCUT2D eigenvalue weighted by molar-refractivity contribution is 0.0944. The fourth-order valence-electron chi connectivity index (χ4n) is 3.34. The molecule has 0 spiro atoms. The summed E-state index contributed by atoms with van der Waals surface area (Å²) < 4.78 is 0. The van der Waals surface area contributed by atoms with Gasteiger partial charge in [-0.1, -0.05) is 39.0 Å². The summed E-state index contributed by atoms with van der Waals surface area (Å²) in [6.07, 6.45) is 2.07. The number of benzene rings is 1. The minimum atomic E-state index is -0.361. The first kappa shape index (κ1) is 24.5. The van der Waals surface area contributed by atoms with Gasteiger partial charge in [-0.15, -0.1) is 11.3 Å². The van der Waals surface area contributed by atoms with Gasteiger partial charge in [0.1, 0.15) is 17.7 Å². The van der Waals surface area contributed by atoms with Crippen molar-refractivity contribution in [2.45, 2.75) is 52.7 Å². The Balaban J connectivity index is 1.60. The number of nitrogens with zero attached hydrogens (tertiary/aromatic N) is 2. The number of hydrazine groups is 1. The Hall–Kier alpha value is -3.14. The van der Waals surface area contributed by atoms with Crippen LogP contribution < -0.4 is 21.9 Å². The Morgan fingerprint density at radius 3 is 2.24 bits per heavy atom. The molecule has 5 N–H and O–H groups in total. The summed E-state index contributed by atoms with van der Waals surface area (Å²) in [6, 6.07) is 9.55. The van der Waals surface area contributed by atoms with E-state index in [2.05, 4.69) is 58.9 Å². The van der Waals surface area contributed by atoms with Crippen LogP contribution in [-0.2, 0) is 26.1 Å². The predicted octanol–water partition coefficient (Wildman–Crippen LogP) is 3.05. The third kappa shape index (κ3) is 6.67. The van der Waals surface area contributed by atoms with Crippen molar-refractivity contribution in [3.8, 4) is 0 Å². The summed E-state index contributed by atoms with van der Waals surface area (Å²) in [5, 5.41) is 7.77. The first-order valence-corrected chi connectivity index (χ1v) is 11.8. The van der Waals surface area contributed by atoms with Gasteiger partial charge >= 0.3 is 0 Å². The number of nitrogens with one attached hydrogen (secondary N) is 3. The number of thiophene rings is 1. The lowest BCUT2D eigenvalue weighted by Crippen LogP contribution is -2.27. The number of hydrogen-bond acceptors (Lipinski definition) is 7. The van der Waals surface area contributed by atoms with Crippen molar-refractivity contribution in [2.24, 2.45) is 5.84 Å². The van der Waals surface area contributed by atoms with Gasteiger partial charge in [0, 0.05) is 30.6 Å². The molecule has 0 saturated heterocycles. The van der Waals surface area contributed by atoms with Crippen LogP contribution in [0.15, 0.2) is 42.0 Å².